The molecule has 0 saturated heterocycles. The van der Waals surface area contributed by atoms with E-state index in [0.29, 0.717) is 0 Å². The van der Waals surface area contributed by atoms with Crippen LogP contribution < -0.4 is 5.32 Å². The first kappa shape index (κ1) is 16.6. The number of rotatable bonds is 6. The molecular formula is C15H21NO3S. The van der Waals surface area contributed by atoms with Gasteiger partial charge in [0.1, 0.15) is 5.25 Å². The second-order valence-corrected chi connectivity index (χ2v) is 6.19. The van der Waals surface area contributed by atoms with Gasteiger partial charge in [-0.3, -0.25) is 9.59 Å². The highest BCUT2D eigenvalue weighted by Gasteiger charge is 2.17. The topological polar surface area (TPSA) is 55.4 Å². The molecule has 110 valence electrons. The number of hydrogen-bond acceptors (Lipinski definition) is 4. The Hall–Kier alpha value is -1.49. The molecule has 1 rings (SSSR count). The maximum Gasteiger partial charge on any atom is 0.319 e. The van der Waals surface area contributed by atoms with E-state index in [1.165, 1.54) is 11.8 Å². The number of thioether (sulfide) groups is 1. The lowest BCUT2D eigenvalue weighted by atomic mass is 10.2. The minimum absolute atomic E-state index is 0.121. The third kappa shape index (κ3) is 6.10. The molecule has 1 aromatic rings. The molecule has 0 bridgehead atoms. The lowest BCUT2D eigenvalue weighted by molar-refractivity contribution is -0.146. The molecule has 20 heavy (non-hydrogen) atoms. The molecule has 1 unspecified atom stereocenters. The van der Waals surface area contributed by atoms with Gasteiger partial charge in [-0.05, 0) is 45.4 Å². The second kappa shape index (κ2) is 7.94. The van der Waals surface area contributed by atoms with Crippen molar-refractivity contribution in [2.45, 2.75) is 39.0 Å². The van der Waals surface area contributed by atoms with Gasteiger partial charge in [0.05, 0.1) is 11.9 Å². The predicted molar refractivity (Wildman–Crippen MR) is 83.0 cm³/mol. The van der Waals surface area contributed by atoms with Crippen molar-refractivity contribution < 1.29 is 14.3 Å². The van der Waals surface area contributed by atoms with Crippen LogP contribution in [0.5, 0.6) is 0 Å². The molecule has 0 aliphatic heterocycles. The average Bonchev–Trinajstić information content (AvgIpc) is 2.35. The molecule has 0 fully saturated rings. The Morgan fingerprint density at radius 2 is 2.00 bits per heavy atom. The summed E-state index contributed by atoms with van der Waals surface area (Å²) in [4.78, 5) is 23.4. The van der Waals surface area contributed by atoms with Crippen molar-refractivity contribution in [3.8, 4) is 0 Å². The summed E-state index contributed by atoms with van der Waals surface area (Å²) in [5.74, 6) is -0.180. The van der Waals surface area contributed by atoms with Crippen LogP contribution in [0.3, 0.4) is 0 Å². The van der Waals surface area contributed by atoms with Gasteiger partial charge in [-0.15, -0.1) is 11.8 Å². The van der Waals surface area contributed by atoms with Crippen LogP contribution in [0.1, 0.15) is 26.3 Å². The van der Waals surface area contributed by atoms with Crippen molar-refractivity contribution in [3.63, 3.8) is 0 Å². The van der Waals surface area contributed by atoms with E-state index in [0.717, 1.165) is 11.3 Å². The van der Waals surface area contributed by atoms with Crippen LogP contribution in [0.2, 0.25) is 0 Å². The van der Waals surface area contributed by atoms with Crippen LogP contribution in [0.15, 0.2) is 24.3 Å². The fraction of sp³-hybridized carbons (Fsp3) is 0.467. The van der Waals surface area contributed by atoms with E-state index in [2.05, 4.69) is 5.32 Å². The minimum Gasteiger partial charge on any atom is -0.462 e. The van der Waals surface area contributed by atoms with Gasteiger partial charge in [0, 0.05) is 5.69 Å². The summed E-state index contributed by atoms with van der Waals surface area (Å²) in [6, 6.07) is 7.60. The maximum absolute atomic E-state index is 11.8. The highest BCUT2D eigenvalue weighted by Crippen LogP contribution is 2.15. The lowest BCUT2D eigenvalue weighted by Gasteiger charge is -2.13. The summed E-state index contributed by atoms with van der Waals surface area (Å²) in [5, 5.41) is 2.46. The molecule has 0 saturated carbocycles. The standard InChI is InChI=1S/C15H21NO3S/c1-10(2)19-15(18)12(4)20-9-14(17)16-13-7-5-6-11(3)8-13/h5-8,10,12H,9H2,1-4H3,(H,16,17). The summed E-state index contributed by atoms with van der Waals surface area (Å²) in [7, 11) is 0. The van der Waals surface area contributed by atoms with Crippen LogP contribution >= 0.6 is 11.8 Å². The van der Waals surface area contributed by atoms with Gasteiger partial charge in [-0.25, -0.2) is 0 Å². The Labute approximate surface area is 124 Å². The molecule has 0 spiro atoms. The van der Waals surface area contributed by atoms with Crippen molar-refractivity contribution >= 4 is 29.3 Å². The van der Waals surface area contributed by atoms with E-state index in [1.54, 1.807) is 20.8 Å². The molecule has 0 radical (unpaired) electrons. The molecule has 4 nitrogen and oxygen atoms in total. The molecule has 1 aromatic carbocycles. The Morgan fingerprint density at radius 1 is 1.30 bits per heavy atom. The van der Waals surface area contributed by atoms with Crippen molar-refractivity contribution in [2.24, 2.45) is 0 Å². The quantitative estimate of drug-likeness (QED) is 0.820. The number of carbonyl (C=O) groups excluding carboxylic acids is 2. The zero-order valence-electron chi connectivity index (χ0n) is 12.3. The highest BCUT2D eigenvalue weighted by molar-refractivity contribution is 8.01. The molecule has 0 aliphatic rings. The Bertz CT molecular complexity index is 474. The Morgan fingerprint density at radius 3 is 2.60 bits per heavy atom. The summed E-state index contributed by atoms with van der Waals surface area (Å²) in [5.41, 5.74) is 1.86. The first-order valence-electron chi connectivity index (χ1n) is 6.57. The van der Waals surface area contributed by atoms with E-state index in [-0.39, 0.29) is 29.0 Å². The van der Waals surface area contributed by atoms with Crippen LogP contribution in [0, 0.1) is 6.92 Å². The fourth-order valence-corrected chi connectivity index (χ4v) is 2.18. The predicted octanol–water partition coefficient (Wildman–Crippen LogP) is 3.01. The van der Waals surface area contributed by atoms with Crippen molar-refractivity contribution in [2.75, 3.05) is 11.1 Å². The van der Waals surface area contributed by atoms with Gasteiger partial charge in [-0.1, -0.05) is 12.1 Å². The molecule has 1 atom stereocenters. The third-order valence-corrected chi connectivity index (χ3v) is 3.57. The van der Waals surface area contributed by atoms with E-state index in [1.807, 2.05) is 31.2 Å². The fourth-order valence-electron chi connectivity index (χ4n) is 1.52. The molecular weight excluding hydrogens is 274 g/mol. The zero-order chi connectivity index (χ0) is 15.1. The smallest absolute Gasteiger partial charge is 0.319 e. The number of hydrogen-bond donors (Lipinski definition) is 1. The molecule has 1 amide bonds. The largest absolute Gasteiger partial charge is 0.462 e. The minimum atomic E-state index is -0.347. The number of nitrogens with one attached hydrogen (secondary N) is 1. The summed E-state index contributed by atoms with van der Waals surface area (Å²) in [6.45, 7) is 7.32. The normalized spacial score (nSPS) is 12.1. The Kier molecular flexibility index (Phi) is 6.58. The van der Waals surface area contributed by atoms with Crippen LogP contribution in [0.25, 0.3) is 0 Å². The number of benzene rings is 1. The molecule has 5 heteroatoms. The van der Waals surface area contributed by atoms with Crippen LogP contribution in [-0.4, -0.2) is 29.0 Å². The third-order valence-electron chi connectivity index (χ3n) is 2.45. The Balaban J connectivity index is 2.38. The van der Waals surface area contributed by atoms with Gasteiger partial charge >= 0.3 is 5.97 Å². The summed E-state index contributed by atoms with van der Waals surface area (Å²) in [6.07, 6.45) is -0.133. The maximum atomic E-state index is 11.8. The van der Waals surface area contributed by atoms with E-state index in [9.17, 15) is 9.59 Å². The van der Waals surface area contributed by atoms with Gasteiger partial charge in [0.2, 0.25) is 5.91 Å². The number of carbonyl (C=O) groups is 2. The van der Waals surface area contributed by atoms with Gasteiger partial charge in [0.25, 0.3) is 0 Å². The van der Waals surface area contributed by atoms with Gasteiger partial charge in [0.15, 0.2) is 0 Å². The zero-order valence-corrected chi connectivity index (χ0v) is 13.1. The average molecular weight is 295 g/mol. The van der Waals surface area contributed by atoms with Crippen LogP contribution in [0.4, 0.5) is 5.69 Å². The molecule has 1 N–H and O–H groups in total. The van der Waals surface area contributed by atoms with Crippen LogP contribution in [-0.2, 0) is 14.3 Å². The SMILES string of the molecule is Cc1cccc(NC(=O)CSC(C)C(=O)OC(C)C)c1. The second-order valence-electron chi connectivity index (χ2n) is 4.86. The monoisotopic (exact) mass is 295 g/mol. The number of aryl methyl sites for hydroxylation is 1. The number of ether oxygens (including phenoxy) is 1. The van der Waals surface area contributed by atoms with E-state index < -0.39 is 0 Å². The number of esters is 1. The van der Waals surface area contributed by atoms with Crippen molar-refractivity contribution in [1.82, 2.24) is 0 Å². The first-order valence-corrected chi connectivity index (χ1v) is 7.62. The van der Waals surface area contributed by atoms with Crippen molar-refractivity contribution in [1.29, 1.82) is 0 Å². The van der Waals surface area contributed by atoms with Gasteiger partial charge < -0.3 is 10.1 Å². The first-order chi connectivity index (χ1) is 9.38. The van der Waals surface area contributed by atoms with Crippen molar-refractivity contribution in [3.05, 3.63) is 29.8 Å². The summed E-state index contributed by atoms with van der Waals surface area (Å²) < 4.78 is 5.09. The highest BCUT2D eigenvalue weighted by atomic mass is 32.2. The molecule has 0 aromatic heterocycles. The summed E-state index contributed by atoms with van der Waals surface area (Å²) >= 11 is 1.27. The van der Waals surface area contributed by atoms with E-state index in [4.69, 9.17) is 4.74 Å². The lowest BCUT2D eigenvalue weighted by Crippen LogP contribution is -2.23. The van der Waals surface area contributed by atoms with Gasteiger partial charge in [-0.2, -0.15) is 0 Å². The number of amides is 1. The van der Waals surface area contributed by atoms with E-state index >= 15 is 0 Å². The number of anilines is 1. The molecule has 0 heterocycles. The molecule has 0 aliphatic carbocycles.